The zero-order valence-electron chi connectivity index (χ0n) is 20.5. The van der Waals surface area contributed by atoms with Crippen LogP contribution in [-0.2, 0) is 17.3 Å². The first-order valence-corrected chi connectivity index (χ1v) is 12.4. The molecule has 0 saturated heterocycles. The Labute approximate surface area is 211 Å². The Kier molecular flexibility index (Phi) is 9.83. The summed E-state index contributed by atoms with van der Waals surface area (Å²) in [4.78, 5) is 0. The molecule has 0 aromatic heterocycles. The number of halogens is 8. The molecule has 10 heteroatoms. The van der Waals surface area contributed by atoms with Crippen LogP contribution in [0.4, 0.5) is 35.1 Å². The smallest absolute Gasteiger partial charge is 0.399 e. The molecule has 0 atom stereocenters. The Morgan fingerprint density at radius 1 is 0.838 bits per heavy atom. The van der Waals surface area contributed by atoms with Crippen LogP contribution in [0.3, 0.4) is 0 Å². The molecule has 0 spiro atoms. The summed E-state index contributed by atoms with van der Waals surface area (Å²) in [6.45, 7) is 1.39. The highest BCUT2D eigenvalue weighted by Crippen LogP contribution is 2.40. The fourth-order valence-corrected chi connectivity index (χ4v) is 4.83. The Balaban J connectivity index is 1.56. The van der Waals surface area contributed by atoms with Gasteiger partial charge in [0, 0.05) is 0 Å². The van der Waals surface area contributed by atoms with Gasteiger partial charge in [-0.05, 0) is 79.3 Å². The lowest BCUT2D eigenvalue weighted by atomic mass is 9.77. The number of ether oxygens (including phenoxy) is 2. The molecule has 3 rings (SSSR count). The van der Waals surface area contributed by atoms with Gasteiger partial charge in [-0.3, -0.25) is 0 Å². The molecule has 206 valence electrons. The molecule has 0 radical (unpaired) electrons. The van der Waals surface area contributed by atoms with Crippen LogP contribution >= 0.6 is 0 Å². The van der Waals surface area contributed by atoms with Crippen molar-refractivity contribution >= 4 is 0 Å². The van der Waals surface area contributed by atoms with Gasteiger partial charge in [-0.15, -0.1) is 13.2 Å². The standard InChI is InChI=1S/C27H30F8O2/c1-2-3-4-5-17-6-8-19(9-7-17)20-10-11-21(22(28)16-20)26(31,32)36-13-12-18-14-23(29)25(24(30)15-18)37-27(33,34)35/h10-11,14-17,19H,2-9,12-13H2,1H3/t17-,19-. The summed E-state index contributed by atoms with van der Waals surface area (Å²) in [6.07, 6.45) is -1.21. The molecule has 1 saturated carbocycles. The van der Waals surface area contributed by atoms with Gasteiger partial charge in [0.05, 0.1) is 12.2 Å². The minimum atomic E-state index is -5.30. The van der Waals surface area contributed by atoms with Gasteiger partial charge < -0.3 is 9.47 Å². The van der Waals surface area contributed by atoms with Crippen LogP contribution in [0, 0.1) is 23.4 Å². The van der Waals surface area contributed by atoms with Gasteiger partial charge in [-0.2, -0.15) is 8.78 Å². The Morgan fingerprint density at radius 2 is 1.49 bits per heavy atom. The lowest BCUT2D eigenvalue weighted by Gasteiger charge is -2.29. The zero-order chi connectivity index (χ0) is 27.2. The van der Waals surface area contributed by atoms with Crippen LogP contribution < -0.4 is 4.74 Å². The molecule has 1 fully saturated rings. The number of alkyl halides is 5. The van der Waals surface area contributed by atoms with Crippen LogP contribution in [0.1, 0.15) is 80.9 Å². The molecule has 1 aliphatic carbocycles. The number of hydrogen-bond acceptors (Lipinski definition) is 2. The summed E-state index contributed by atoms with van der Waals surface area (Å²) in [6, 6.07) is 4.63. The lowest BCUT2D eigenvalue weighted by molar-refractivity contribution is -0.276. The van der Waals surface area contributed by atoms with E-state index in [9.17, 15) is 35.1 Å². The molecule has 2 aromatic rings. The quantitative estimate of drug-likeness (QED) is 0.210. The van der Waals surface area contributed by atoms with Crippen molar-refractivity contribution in [1.29, 1.82) is 0 Å². The topological polar surface area (TPSA) is 18.5 Å². The second-order valence-electron chi connectivity index (χ2n) is 9.50. The summed E-state index contributed by atoms with van der Waals surface area (Å²) < 4.78 is 116. The van der Waals surface area contributed by atoms with Crippen molar-refractivity contribution in [1.82, 2.24) is 0 Å². The molecular formula is C27H30F8O2. The second kappa shape index (κ2) is 12.5. The molecule has 2 nitrogen and oxygen atoms in total. The van der Waals surface area contributed by atoms with Gasteiger partial charge in [-0.1, -0.05) is 38.7 Å². The van der Waals surface area contributed by atoms with Gasteiger partial charge in [-0.25, -0.2) is 13.2 Å². The van der Waals surface area contributed by atoms with Crippen LogP contribution in [0.5, 0.6) is 5.75 Å². The largest absolute Gasteiger partial charge is 0.573 e. The van der Waals surface area contributed by atoms with Crippen LogP contribution in [-0.4, -0.2) is 13.0 Å². The molecule has 2 aromatic carbocycles. The fourth-order valence-electron chi connectivity index (χ4n) is 4.83. The van der Waals surface area contributed by atoms with E-state index in [0.29, 0.717) is 23.6 Å². The maximum absolute atomic E-state index is 14.7. The highest BCUT2D eigenvalue weighted by Gasteiger charge is 2.37. The third kappa shape index (κ3) is 8.32. The molecule has 0 bridgehead atoms. The normalized spacial score (nSPS) is 18.7. The Morgan fingerprint density at radius 3 is 2.05 bits per heavy atom. The first-order chi connectivity index (χ1) is 17.4. The van der Waals surface area contributed by atoms with Crippen LogP contribution in [0.25, 0.3) is 0 Å². The average molecular weight is 539 g/mol. The van der Waals surface area contributed by atoms with Gasteiger partial charge in [0.2, 0.25) is 5.75 Å². The van der Waals surface area contributed by atoms with E-state index in [1.54, 1.807) is 0 Å². The maximum atomic E-state index is 14.7. The molecule has 37 heavy (non-hydrogen) atoms. The van der Waals surface area contributed by atoms with Crippen molar-refractivity contribution in [2.75, 3.05) is 6.61 Å². The highest BCUT2D eigenvalue weighted by atomic mass is 19.4. The summed E-state index contributed by atoms with van der Waals surface area (Å²) in [5.41, 5.74) is -0.534. The van der Waals surface area contributed by atoms with Crippen molar-refractivity contribution in [3.63, 3.8) is 0 Å². The van der Waals surface area contributed by atoms with Crippen LogP contribution in [0.15, 0.2) is 30.3 Å². The number of unbranched alkanes of at least 4 members (excludes halogenated alkanes) is 2. The lowest BCUT2D eigenvalue weighted by Crippen LogP contribution is -2.22. The Bertz CT molecular complexity index is 1010. The Hall–Kier alpha value is -2.36. The first-order valence-electron chi connectivity index (χ1n) is 12.4. The fraction of sp³-hybridized carbons (Fsp3) is 0.556. The van der Waals surface area contributed by atoms with E-state index < -0.39 is 54.3 Å². The van der Waals surface area contributed by atoms with Gasteiger partial charge >= 0.3 is 12.5 Å². The number of benzene rings is 2. The average Bonchev–Trinajstić information content (AvgIpc) is 2.81. The summed E-state index contributed by atoms with van der Waals surface area (Å²) in [5, 5.41) is 0. The third-order valence-electron chi connectivity index (χ3n) is 6.79. The molecular weight excluding hydrogens is 508 g/mol. The van der Waals surface area contributed by atoms with E-state index in [-0.39, 0.29) is 11.5 Å². The molecule has 0 aliphatic heterocycles. The van der Waals surface area contributed by atoms with E-state index in [1.807, 2.05) is 0 Å². The third-order valence-corrected chi connectivity index (χ3v) is 6.79. The molecule has 0 N–H and O–H groups in total. The maximum Gasteiger partial charge on any atom is 0.573 e. The van der Waals surface area contributed by atoms with E-state index in [4.69, 9.17) is 0 Å². The predicted molar refractivity (Wildman–Crippen MR) is 122 cm³/mol. The van der Waals surface area contributed by atoms with Crippen molar-refractivity contribution in [2.45, 2.75) is 83.1 Å². The van der Waals surface area contributed by atoms with Crippen molar-refractivity contribution in [3.8, 4) is 5.75 Å². The summed E-state index contributed by atoms with van der Waals surface area (Å²) in [7, 11) is 0. The number of rotatable bonds is 11. The van der Waals surface area contributed by atoms with E-state index in [2.05, 4.69) is 16.4 Å². The molecule has 0 heterocycles. The van der Waals surface area contributed by atoms with E-state index >= 15 is 0 Å². The second-order valence-corrected chi connectivity index (χ2v) is 9.50. The summed E-state index contributed by atoms with van der Waals surface area (Å²) in [5.74, 6) is -5.28. The van der Waals surface area contributed by atoms with Gasteiger partial charge in [0.25, 0.3) is 0 Å². The first kappa shape index (κ1) is 29.2. The summed E-state index contributed by atoms with van der Waals surface area (Å²) >= 11 is 0. The number of hydrogen-bond donors (Lipinski definition) is 0. The molecule has 0 unspecified atom stereocenters. The van der Waals surface area contributed by atoms with E-state index in [1.165, 1.54) is 31.7 Å². The minimum Gasteiger partial charge on any atom is -0.399 e. The van der Waals surface area contributed by atoms with Gasteiger partial charge in [0.1, 0.15) is 5.82 Å². The van der Waals surface area contributed by atoms with Crippen molar-refractivity contribution < 1.29 is 44.6 Å². The molecule has 0 amide bonds. The van der Waals surface area contributed by atoms with Gasteiger partial charge in [0.15, 0.2) is 11.6 Å². The van der Waals surface area contributed by atoms with E-state index in [0.717, 1.165) is 37.8 Å². The van der Waals surface area contributed by atoms with Crippen molar-refractivity contribution in [3.05, 3.63) is 64.5 Å². The predicted octanol–water partition coefficient (Wildman–Crippen LogP) is 9.17. The SMILES string of the molecule is CCCCC[C@H]1CC[C@H](c2ccc(C(F)(F)OCCc3cc(F)c(OC(F)(F)F)c(F)c3)c(F)c2)CC1. The highest BCUT2D eigenvalue weighted by molar-refractivity contribution is 5.32. The van der Waals surface area contributed by atoms with Crippen LogP contribution in [0.2, 0.25) is 0 Å². The minimum absolute atomic E-state index is 0.106. The van der Waals surface area contributed by atoms with Crippen molar-refractivity contribution in [2.24, 2.45) is 5.92 Å². The monoisotopic (exact) mass is 538 g/mol. The zero-order valence-corrected chi connectivity index (χ0v) is 20.5. The molecule has 1 aliphatic rings.